The van der Waals surface area contributed by atoms with E-state index in [1.807, 2.05) is 12.1 Å². The van der Waals surface area contributed by atoms with Gasteiger partial charge in [0.25, 0.3) is 0 Å². The Morgan fingerprint density at radius 1 is 1.31 bits per heavy atom. The fourth-order valence-corrected chi connectivity index (χ4v) is 2.79. The molecule has 16 heavy (non-hydrogen) atoms. The second-order valence-electron chi connectivity index (χ2n) is 4.98. The van der Waals surface area contributed by atoms with Crippen molar-refractivity contribution in [2.75, 3.05) is 19.6 Å². The third-order valence-corrected chi connectivity index (χ3v) is 3.62. The number of phenolic OH excluding ortho intramolecular Hbond substituents is 1. The molecule has 2 N–H and O–H groups in total. The summed E-state index contributed by atoms with van der Waals surface area (Å²) in [6, 6.07) is 9.07. The summed E-state index contributed by atoms with van der Waals surface area (Å²) in [7, 11) is 0. The van der Waals surface area contributed by atoms with Crippen molar-refractivity contribution in [3.05, 3.63) is 29.8 Å². The molecule has 3 saturated heterocycles. The van der Waals surface area contributed by atoms with Gasteiger partial charge in [0.15, 0.2) is 0 Å². The number of nitrogens with zero attached hydrogens (tertiary/aromatic N) is 1. The Morgan fingerprint density at radius 3 is 2.75 bits per heavy atom. The molecular formula is C13H18N2O. The molecule has 0 saturated carbocycles. The number of benzene rings is 1. The first kappa shape index (κ1) is 10.1. The maximum Gasteiger partial charge on any atom is 0.115 e. The highest BCUT2D eigenvalue weighted by atomic mass is 16.3. The molecule has 1 aromatic rings. The zero-order chi connectivity index (χ0) is 11.0. The molecule has 0 aliphatic carbocycles. The number of nitrogens with one attached hydrogen (secondary N) is 1. The Morgan fingerprint density at radius 2 is 2.06 bits per heavy atom. The molecule has 86 valence electrons. The number of aromatic hydroxyl groups is 1. The highest BCUT2D eigenvalue weighted by molar-refractivity contribution is 5.27. The van der Waals surface area contributed by atoms with E-state index in [0.29, 0.717) is 5.75 Å². The molecule has 0 radical (unpaired) electrons. The van der Waals surface area contributed by atoms with Crippen molar-refractivity contribution in [3.63, 3.8) is 0 Å². The Kier molecular flexibility index (Phi) is 2.58. The summed E-state index contributed by atoms with van der Waals surface area (Å²) in [5.41, 5.74) is 1.23. The predicted molar refractivity (Wildman–Crippen MR) is 63.6 cm³/mol. The van der Waals surface area contributed by atoms with Crippen LogP contribution in [0.4, 0.5) is 0 Å². The van der Waals surface area contributed by atoms with Gasteiger partial charge >= 0.3 is 0 Å². The number of piperidine rings is 1. The molecule has 2 bridgehead atoms. The van der Waals surface area contributed by atoms with Gasteiger partial charge in [0.05, 0.1) is 0 Å². The molecule has 0 aromatic heterocycles. The number of hydrogen-bond acceptors (Lipinski definition) is 3. The minimum atomic E-state index is 0.376. The smallest absolute Gasteiger partial charge is 0.115 e. The van der Waals surface area contributed by atoms with E-state index in [1.165, 1.54) is 25.1 Å². The first-order valence-electron chi connectivity index (χ1n) is 6.06. The summed E-state index contributed by atoms with van der Waals surface area (Å²) >= 11 is 0. The molecule has 3 aliphatic rings. The summed E-state index contributed by atoms with van der Waals surface area (Å²) in [6.07, 6.45) is 2.40. The van der Waals surface area contributed by atoms with Gasteiger partial charge in [0.1, 0.15) is 5.75 Å². The van der Waals surface area contributed by atoms with Gasteiger partial charge in [0.2, 0.25) is 0 Å². The van der Waals surface area contributed by atoms with Gasteiger partial charge < -0.3 is 10.4 Å². The van der Waals surface area contributed by atoms with Crippen LogP contribution in [-0.4, -0.2) is 41.7 Å². The van der Waals surface area contributed by atoms with Crippen LogP contribution in [0.15, 0.2) is 24.3 Å². The average Bonchev–Trinajstić information content (AvgIpc) is 2.26. The molecule has 2 atom stereocenters. The third-order valence-electron chi connectivity index (χ3n) is 3.62. The minimum absolute atomic E-state index is 0.376. The Bertz CT molecular complexity index is 364. The van der Waals surface area contributed by atoms with E-state index >= 15 is 0 Å². The SMILES string of the molecule is Oc1cccc(CCN2CC3CC(C2)N3)c1. The molecule has 2 unspecified atom stereocenters. The Hall–Kier alpha value is -1.06. The van der Waals surface area contributed by atoms with Crippen molar-refractivity contribution in [3.8, 4) is 5.75 Å². The lowest BCUT2D eigenvalue weighted by atomic mass is 9.91. The number of piperazine rings is 1. The van der Waals surface area contributed by atoms with Crippen molar-refractivity contribution in [1.29, 1.82) is 0 Å². The highest BCUT2D eigenvalue weighted by Crippen LogP contribution is 2.21. The Labute approximate surface area is 96.1 Å². The zero-order valence-electron chi connectivity index (χ0n) is 9.39. The summed E-state index contributed by atoms with van der Waals surface area (Å²) in [6.45, 7) is 3.49. The van der Waals surface area contributed by atoms with Crippen LogP contribution in [0, 0.1) is 0 Å². The number of phenols is 1. The predicted octanol–water partition coefficient (Wildman–Crippen LogP) is 0.981. The molecule has 0 spiro atoms. The van der Waals surface area contributed by atoms with E-state index in [2.05, 4.69) is 16.3 Å². The van der Waals surface area contributed by atoms with Crippen LogP contribution in [-0.2, 0) is 6.42 Å². The summed E-state index contributed by atoms with van der Waals surface area (Å²) < 4.78 is 0. The summed E-state index contributed by atoms with van der Waals surface area (Å²) in [5.74, 6) is 0.376. The van der Waals surface area contributed by atoms with E-state index in [1.54, 1.807) is 6.07 Å². The quantitative estimate of drug-likeness (QED) is 0.794. The molecular weight excluding hydrogens is 200 g/mol. The molecule has 4 rings (SSSR count). The van der Waals surface area contributed by atoms with Crippen molar-refractivity contribution in [1.82, 2.24) is 10.2 Å². The first-order valence-corrected chi connectivity index (χ1v) is 6.06. The van der Waals surface area contributed by atoms with Crippen molar-refractivity contribution in [2.45, 2.75) is 24.9 Å². The molecule has 3 aliphatic heterocycles. The van der Waals surface area contributed by atoms with Crippen LogP contribution < -0.4 is 5.32 Å². The van der Waals surface area contributed by atoms with Gasteiger partial charge in [0, 0.05) is 31.7 Å². The van der Waals surface area contributed by atoms with Crippen LogP contribution in [0.5, 0.6) is 5.75 Å². The topological polar surface area (TPSA) is 35.5 Å². The van der Waals surface area contributed by atoms with E-state index < -0.39 is 0 Å². The lowest BCUT2D eigenvalue weighted by molar-refractivity contribution is 0.0789. The molecule has 3 heterocycles. The van der Waals surface area contributed by atoms with Gasteiger partial charge in [-0.25, -0.2) is 0 Å². The first-order chi connectivity index (χ1) is 7.79. The fraction of sp³-hybridized carbons (Fsp3) is 0.538. The van der Waals surface area contributed by atoms with Crippen molar-refractivity contribution >= 4 is 0 Å². The maximum absolute atomic E-state index is 9.38. The van der Waals surface area contributed by atoms with Gasteiger partial charge in [-0.3, -0.25) is 4.90 Å². The lowest BCUT2D eigenvalue weighted by Gasteiger charge is -2.48. The monoisotopic (exact) mass is 218 g/mol. The molecule has 3 heteroatoms. The third kappa shape index (κ3) is 2.06. The zero-order valence-corrected chi connectivity index (χ0v) is 9.39. The lowest BCUT2D eigenvalue weighted by Crippen LogP contribution is -2.66. The van der Waals surface area contributed by atoms with Crippen LogP contribution >= 0.6 is 0 Å². The molecule has 1 aromatic carbocycles. The minimum Gasteiger partial charge on any atom is -0.508 e. The van der Waals surface area contributed by atoms with Gasteiger partial charge in [-0.15, -0.1) is 0 Å². The molecule has 3 nitrogen and oxygen atoms in total. The second kappa shape index (κ2) is 4.07. The van der Waals surface area contributed by atoms with Crippen molar-refractivity contribution in [2.24, 2.45) is 0 Å². The van der Waals surface area contributed by atoms with Crippen molar-refractivity contribution < 1.29 is 5.11 Å². The second-order valence-corrected chi connectivity index (χ2v) is 4.98. The fourth-order valence-electron chi connectivity index (χ4n) is 2.79. The molecule has 3 fully saturated rings. The van der Waals surface area contributed by atoms with Gasteiger partial charge in [-0.2, -0.15) is 0 Å². The maximum atomic E-state index is 9.38. The van der Waals surface area contributed by atoms with Crippen LogP contribution in [0.2, 0.25) is 0 Å². The van der Waals surface area contributed by atoms with Gasteiger partial charge in [-0.1, -0.05) is 12.1 Å². The molecule has 0 amide bonds. The normalized spacial score (nSPS) is 28.8. The van der Waals surface area contributed by atoms with Crippen LogP contribution in [0.3, 0.4) is 0 Å². The number of fused-ring (bicyclic) bond motifs is 2. The number of rotatable bonds is 3. The summed E-state index contributed by atoms with van der Waals surface area (Å²) in [5, 5.41) is 12.9. The Balaban J connectivity index is 1.52. The van der Waals surface area contributed by atoms with E-state index in [0.717, 1.165) is 25.0 Å². The average molecular weight is 218 g/mol. The standard InChI is InChI=1S/C13H18N2O/c16-13-3-1-2-10(6-13)4-5-15-8-11-7-12(9-15)14-11/h1-3,6,11-12,14,16H,4-5,7-9H2. The van der Waals surface area contributed by atoms with Crippen LogP contribution in [0.25, 0.3) is 0 Å². The van der Waals surface area contributed by atoms with E-state index in [9.17, 15) is 5.11 Å². The van der Waals surface area contributed by atoms with E-state index in [4.69, 9.17) is 0 Å². The van der Waals surface area contributed by atoms with Crippen LogP contribution in [0.1, 0.15) is 12.0 Å². The highest BCUT2D eigenvalue weighted by Gasteiger charge is 2.35. The largest absolute Gasteiger partial charge is 0.508 e. The van der Waals surface area contributed by atoms with E-state index in [-0.39, 0.29) is 0 Å². The summed E-state index contributed by atoms with van der Waals surface area (Å²) in [4.78, 5) is 2.53. The van der Waals surface area contributed by atoms with Gasteiger partial charge in [-0.05, 0) is 30.5 Å². The number of hydrogen-bond donors (Lipinski definition) is 2.